The maximum atomic E-state index is 12.8. The van der Waals surface area contributed by atoms with E-state index in [4.69, 9.17) is 44.9 Å². The normalized spacial score (nSPS) is 17.7. The Bertz CT molecular complexity index is 945. The van der Waals surface area contributed by atoms with Crippen LogP contribution in [0.1, 0.15) is 5.56 Å². The second kappa shape index (κ2) is 6.53. The molecule has 4 rings (SSSR count). The molecular weight excluding hydrogens is 401 g/mol. The van der Waals surface area contributed by atoms with Gasteiger partial charge in [-0.15, -0.1) is 0 Å². The number of nitrogens with zero attached hydrogens (tertiary/aromatic N) is 1. The van der Waals surface area contributed by atoms with E-state index >= 15 is 0 Å². The first kappa shape index (κ1) is 16.7. The van der Waals surface area contributed by atoms with Gasteiger partial charge in [0.05, 0.1) is 15.6 Å². The molecule has 1 fully saturated rings. The molecule has 0 aliphatic carbocycles. The maximum Gasteiger partial charge on any atom is 0.270 e. The monoisotopic (exact) mass is 409 g/mol. The highest BCUT2D eigenvalue weighted by molar-refractivity contribution is 8.27. The molecule has 0 radical (unpaired) electrons. The lowest BCUT2D eigenvalue weighted by molar-refractivity contribution is -0.113. The highest BCUT2D eigenvalue weighted by Gasteiger charge is 2.33. The predicted octanol–water partition coefficient (Wildman–Crippen LogP) is 5.13. The number of anilines is 1. The van der Waals surface area contributed by atoms with E-state index in [2.05, 4.69) is 0 Å². The summed E-state index contributed by atoms with van der Waals surface area (Å²) in [6.45, 7) is 0.159. The average Bonchev–Trinajstić information content (AvgIpc) is 3.12. The number of ether oxygens (including phenoxy) is 2. The van der Waals surface area contributed by atoms with E-state index in [1.54, 1.807) is 42.5 Å². The van der Waals surface area contributed by atoms with Gasteiger partial charge in [0.2, 0.25) is 6.79 Å². The Kier molecular flexibility index (Phi) is 4.37. The second-order valence-corrected chi connectivity index (χ2v) is 7.74. The van der Waals surface area contributed by atoms with E-state index in [0.717, 1.165) is 0 Å². The molecule has 1 amide bonds. The molecule has 0 N–H and O–H groups in total. The van der Waals surface area contributed by atoms with E-state index in [-0.39, 0.29) is 12.7 Å². The predicted molar refractivity (Wildman–Crippen MR) is 105 cm³/mol. The first-order chi connectivity index (χ1) is 12.0. The van der Waals surface area contributed by atoms with Gasteiger partial charge in [-0.3, -0.25) is 9.69 Å². The fourth-order valence-corrected chi connectivity index (χ4v) is 4.17. The minimum absolute atomic E-state index is 0.159. The molecule has 126 valence electrons. The third-order valence-electron chi connectivity index (χ3n) is 3.64. The molecule has 0 aromatic heterocycles. The number of carbonyl (C=O) groups excluding carboxylic acids is 1. The van der Waals surface area contributed by atoms with Crippen LogP contribution < -0.4 is 14.4 Å². The standard InChI is InChI=1S/C17H9Cl2NO3S2/c18-10-2-1-3-11(6-10)20-16(21)15(25-17(20)24)5-9-4-13-14(7-12(9)19)23-8-22-13/h1-7H,8H2/b15-5-. The first-order valence-corrected chi connectivity index (χ1v) is 9.13. The van der Waals surface area contributed by atoms with Crippen molar-refractivity contribution in [3.8, 4) is 11.5 Å². The van der Waals surface area contributed by atoms with Crippen molar-refractivity contribution in [2.75, 3.05) is 11.7 Å². The van der Waals surface area contributed by atoms with Crippen LogP contribution in [0.3, 0.4) is 0 Å². The SMILES string of the molecule is O=C1/C(=C/c2cc3c(cc2Cl)OCO3)SC(=S)N1c1cccc(Cl)c1. The highest BCUT2D eigenvalue weighted by Crippen LogP contribution is 2.41. The van der Waals surface area contributed by atoms with Gasteiger partial charge in [-0.2, -0.15) is 0 Å². The van der Waals surface area contributed by atoms with Crippen LogP contribution in [-0.4, -0.2) is 17.0 Å². The van der Waals surface area contributed by atoms with Gasteiger partial charge in [0.1, 0.15) is 0 Å². The van der Waals surface area contributed by atoms with Crippen molar-refractivity contribution in [3.05, 3.63) is 56.9 Å². The second-order valence-electron chi connectivity index (χ2n) is 5.22. The lowest BCUT2D eigenvalue weighted by Crippen LogP contribution is -2.27. The molecule has 2 aromatic carbocycles. The Morgan fingerprint density at radius 3 is 2.68 bits per heavy atom. The summed E-state index contributed by atoms with van der Waals surface area (Å²) in [5.41, 5.74) is 1.30. The Balaban J connectivity index is 1.69. The number of thioether (sulfide) groups is 1. The molecule has 2 aliphatic heterocycles. The summed E-state index contributed by atoms with van der Waals surface area (Å²) in [5.74, 6) is 0.973. The average molecular weight is 410 g/mol. The number of halogens is 2. The lowest BCUT2D eigenvalue weighted by atomic mass is 10.1. The van der Waals surface area contributed by atoms with E-state index in [1.165, 1.54) is 16.7 Å². The van der Waals surface area contributed by atoms with Crippen molar-refractivity contribution < 1.29 is 14.3 Å². The molecule has 1 saturated heterocycles. The summed E-state index contributed by atoms with van der Waals surface area (Å²) < 4.78 is 11.1. The fourth-order valence-electron chi connectivity index (χ4n) is 2.49. The highest BCUT2D eigenvalue weighted by atomic mass is 35.5. The number of benzene rings is 2. The molecule has 2 heterocycles. The summed E-state index contributed by atoms with van der Waals surface area (Å²) in [4.78, 5) is 14.7. The Morgan fingerprint density at radius 2 is 1.92 bits per heavy atom. The number of carbonyl (C=O) groups is 1. The molecule has 0 spiro atoms. The Morgan fingerprint density at radius 1 is 1.16 bits per heavy atom. The number of rotatable bonds is 2. The summed E-state index contributed by atoms with van der Waals surface area (Å²) in [5, 5.41) is 1.01. The van der Waals surface area contributed by atoms with E-state index in [9.17, 15) is 4.79 Å². The van der Waals surface area contributed by atoms with Gasteiger partial charge >= 0.3 is 0 Å². The number of hydrogen-bond acceptors (Lipinski definition) is 5. The third-order valence-corrected chi connectivity index (χ3v) is 5.50. The van der Waals surface area contributed by atoms with Crippen LogP contribution in [-0.2, 0) is 4.79 Å². The van der Waals surface area contributed by atoms with Crippen molar-refractivity contribution >= 4 is 69.2 Å². The molecule has 25 heavy (non-hydrogen) atoms. The van der Waals surface area contributed by atoms with Crippen molar-refractivity contribution in [1.82, 2.24) is 0 Å². The molecule has 0 atom stereocenters. The van der Waals surface area contributed by atoms with E-state index in [1.807, 2.05) is 0 Å². The van der Waals surface area contributed by atoms with Crippen LogP contribution >= 0.6 is 47.2 Å². The third kappa shape index (κ3) is 3.11. The molecule has 8 heteroatoms. The van der Waals surface area contributed by atoms with E-state index in [0.29, 0.717) is 42.0 Å². The van der Waals surface area contributed by atoms with Gasteiger partial charge in [-0.25, -0.2) is 0 Å². The van der Waals surface area contributed by atoms with Crippen molar-refractivity contribution in [1.29, 1.82) is 0 Å². The van der Waals surface area contributed by atoms with Crippen LogP contribution in [0, 0.1) is 0 Å². The number of fused-ring (bicyclic) bond motifs is 1. The van der Waals surface area contributed by atoms with Crippen LogP contribution in [0.15, 0.2) is 41.3 Å². The summed E-state index contributed by atoms with van der Waals surface area (Å²) in [6.07, 6.45) is 1.70. The molecule has 0 bridgehead atoms. The van der Waals surface area contributed by atoms with Crippen LogP contribution in [0.2, 0.25) is 10.0 Å². The number of amides is 1. The minimum atomic E-state index is -0.217. The smallest absolute Gasteiger partial charge is 0.270 e. The molecule has 0 unspecified atom stereocenters. The zero-order valence-corrected chi connectivity index (χ0v) is 15.6. The van der Waals surface area contributed by atoms with Crippen molar-refractivity contribution in [3.63, 3.8) is 0 Å². The summed E-state index contributed by atoms with van der Waals surface area (Å²) in [7, 11) is 0. The van der Waals surface area contributed by atoms with Gasteiger partial charge in [0, 0.05) is 11.1 Å². The quantitative estimate of drug-likeness (QED) is 0.507. The van der Waals surface area contributed by atoms with Crippen molar-refractivity contribution in [2.45, 2.75) is 0 Å². The zero-order valence-electron chi connectivity index (χ0n) is 12.5. The molecule has 0 saturated carbocycles. The summed E-state index contributed by atoms with van der Waals surface area (Å²) >= 11 is 18.9. The maximum absolute atomic E-state index is 12.8. The zero-order chi connectivity index (χ0) is 17.6. The van der Waals surface area contributed by atoms with Crippen LogP contribution in [0.25, 0.3) is 6.08 Å². The number of hydrogen-bond donors (Lipinski definition) is 0. The van der Waals surface area contributed by atoms with Gasteiger partial charge in [-0.05, 0) is 35.9 Å². The molecule has 2 aromatic rings. The lowest BCUT2D eigenvalue weighted by Gasteiger charge is -2.14. The Labute approximate surface area is 163 Å². The number of thiocarbonyl (C=S) groups is 1. The summed E-state index contributed by atoms with van der Waals surface area (Å²) in [6, 6.07) is 10.4. The molecular formula is C17H9Cl2NO3S2. The minimum Gasteiger partial charge on any atom is -0.454 e. The largest absolute Gasteiger partial charge is 0.454 e. The molecule has 2 aliphatic rings. The van der Waals surface area contributed by atoms with Gasteiger partial charge in [-0.1, -0.05) is 53.2 Å². The Hall–Kier alpha value is -1.73. The van der Waals surface area contributed by atoms with Crippen LogP contribution in [0.4, 0.5) is 5.69 Å². The molecule has 4 nitrogen and oxygen atoms in total. The fraction of sp³-hybridized carbons (Fsp3) is 0.0588. The van der Waals surface area contributed by atoms with Crippen molar-refractivity contribution in [2.24, 2.45) is 0 Å². The topological polar surface area (TPSA) is 38.8 Å². The van der Waals surface area contributed by atoms with Crippen LogP contribution in [0.5, 0.6) is 11.5 Å². The first-order valence-electron chi connectivity index (χ1n) is 7.15. The van der Waals surface area contributed by atoms with Gasteiger partial charge in [0.25, 0.3) is 5.91 Å². The van der Waals surface area contributed by atoms with Gasteiger partial charge in [0.15, 0.2) is 15.8 Å². The van der Waals surface area contributed by atoms with Gasteiger partial charge < -0.3 is 9.47 Å². The van der Waals surface area contributed by atoms with E-state index < -0.39 is 0 Å².